The summed E-state index contributed by atoms with van der Waals surface area (Å²) in [5.74, 6) is 2.52. The number of hydrogen-bond donors (Lipinski definition) is 1. The lowest BCUT2D eigenvalue weighted by atomic mass is 9.99. The molecule has 2 aliphatic rings. The average molecular weight is 439 g/mol. The Kier molecular flexibility index (Phi) is 7.37. The van der Waals surface area contributed by atoms with E-state index in [1.807, 2.05) is 0 Å². The molecule has 0 bridgehead atoms. The van der Waals surface area contributed by atoms with Gasteiger partial charge in [-0.15, -0.1) is 0 Å². The highest BCUT2D eigenvalue weighted by Crippen LogP contribution is 2.33. The smallest absolute Gasteiger partial charge is 0.194 e. The molecule has 4 rings (SSSR count). The van der Waals surface area contributed by atoms with Crippen LogP contribution in [0.2, 0.25) is 0 Å². The molecule has 0 unspecified atom stereocenters. The molecule has 32 heavy (non-hydrogen) atoms. The van der Waals surface area contributed by atoms with E-state index in [-0.39, 0.29) is 0 Å². The van der Waals surface area contributed by atoms with Gasteiger partial charge in [-0.05, 0) is 54.3 Å². The van der Waals surface area contributed by atoms with Gasteiger partial charge in [0.2, 0.25) is 0 Å². The highest BCUT2D eigenvalue weighted by molar-refractivity contribution is 5.80. The molecule has 2 heterocycles. The molecule has 0 amide bonds. The fourth-order valence-corrected chi connectivity index (χ4v) is 4.29. The fourth-order valence-electron chi connectivity index (χ4n) is 4.29. The molecule has 0 saturated carbocycles. The van der Waals surface area contributed by atoms with Crippen molar-refractivity contribution in [3.63, 3.8) is 0 Å². The molecule has 1 fully saturated rings. The van der Waals surface area contributed by atoms with Gasteiger partial charge in [-0.2, -0.15) is 0 Å². The van der Waals surface area contributed by atoms with Crippen LogP contribution < -0.4 is 19.7 Å². The van der Waals surface area contributed by atoms with Crippen molar-refractivity contribution in [2.45, 2.75) is 26.4 Å². The summed E-state index contributed by atoms with van der Waals surface area (Å²) in [6.45, 7) is 8.83. The third-order valence-corrected chi connectivity index (χ3v) is 6.08. The Morgan fingerprint density at radius 2 is 1.69 bits per heavy atom. The standard InChI is InChI=1S/C25H34N4O3/c1-4-26-25(27-17-19-5-7-22(8-6-19)28-11-13-32-14-12-28)29-10-9-20-15-23(30-2)24(31-3)16-21(20)18-29/h5-8,15-16H,4,9-14,17-18H2,1-3H3,(H,26,27). The van der Waals surface area contributed by atoms with E-state index in [2.05, 4.69) is 58.4 Å². The number of hydrogen-bond acceptors (Lipinski definition) is 5. The number of fused-ring (bicyclic) bond motifs is 1. The molecular weight excluding hydrogens is 404 g/mol. The van der Waals surface area contributed by atoms with Crippen LogP contribution in [0, 0.1) is 0 Å². The number of morpholine rings is 1. The predicted molar refractivity (Wildman–Crippen MR) is 128 cm³/mol. The first kappa shape index (κ1) is 22.3. The molecule has 172 valence electrons. The van der Waals surface area contributed by atoms with Gasteiger partial charge < -0.3 is 29.3 Å². The van der Waals surface area contributed by atoms with E-state index in [0.717, 1.165) is 69.8 Å². The van der Waals surface area contributed by atoms with Crippen molar-refractivity contribution in [2.75, 3.05) is 58.5 Å². The number of rotatable bonds is 6. The molecule has 0 aliphatic carbocycles. The average Bonchev–Trinajstić information content (AvgIpc) is 2.86. The van der Waals surface area contributed by atoms with Gasteiger partial charge in [0, 0.05) is 38.4 Å². The van der Waals surface area contributed by atoms with Crippen molar-refractivity contribution in [3.8, 4) is 11.5 Å². The molecule has 1 N–H and O–H groups in total. The maximum atomic E-state index is 5.50. The van der Waals surface area contributed by atoms with E-state index in [9.17, 15) is 0 Å². The molecule has 7 heteroatoms. The van der Waals surface area contributed by atoms with E-state index in [1.54, 1.807) is 14.2 Å². The molecule has 2 aliphatic heterocycles. The second kappa shape index (κ2) is 10.6. The number of anilines is 1. The Hall–Kier alpha value is -2.93. The third kappa shape index (κ3) is 5.10. The first-order valence-electron chi connectivity index (χ1n) is 11.4. The van der Waals surface area contributed by atoms with Crippen molar-refractivity contribution in [2.24, 2.45) is 4.99 Å². The Bertz CT molecular complexity index is 924. The minimum atomic E-state index is 0.654. The molecule has 2 aromatic carbocycles. The lowest BCUT2D eigenvalue weighted by Crippen LogP contribution is -2.44. The monoisotopic (exact) mass is 438 g/mol. The summed E-state index contributed by atoms with van der Waals surface area (Å²) in [6.07, 6.45) is 0.953. The van der Waals surface area contributed by atoms with E-state index < -0.39 is 0 Å². The highest BCUT2D eigenvalue weighted by atomic mass is 16.5. The Morgan fingerprint density at radius 3 is 2.34 bits per heavy atom. The summed E-state index contributed by atoms with van der Waals surface area (Å²) < 4.78 is 16.4. The van der Waals surface area contributed by atoms with Crippen LogP contribution in [0.25, 0.3) is 0 Å². The van der Waals surface area contributed by atoms with Gasteiger partial charge in [-0.3, -0.25) is 0 Å². The molecule has 0 radical (unpaired) electrons. The summed E-state index contributed by atoms with van der Waals surface area (Å²) in [6, 6.07) is 12.9. The zero-order valence-electron chi connectivity index (χ0n) is 19.4. The number of nitrogens with zero attached hydrogens (tertiary/aromatic N) is 3. The lowest BCUT2D eigenvalue weighted by Gasteiger charge is -2.32. The third-order valence-electron chi connectivity index (χ3n) is 6.08. The van der Waals surface area contributed by atoms with Crippen molar-refractivity contribution >= 4 is 11.6 Å². The zero-order valence-corrected chi connectivity index (χ0v) is 19.4. The lowest BCUT2D eigenvalue weighted by molar-refractivity contribution is 0.122. The van der Waals surface area contributed by atoms with Crippen molar-refractivity contribution in [1.29, 1.82) is 0 Å². The Balaban J connectivity index is 1.45. The summed E-state index contributed by atoms with van der Waals surface area (Å²) >= 11 is 0. The molecule has 0 atom stereocenters. The maximum absolute atomic E-state index is 5.50. The molecule has 2 aromatic rings. The van der Waals surface area contributed by atoms with Crippen LogP contribution in [0.3, 0.4) is 0 Å². The van der Waals surface area contributed by atoms with Gasteiger partial charge in [0.05, 0.1) is 34.0 Å². The Morgan fingerprint density at radius 1 is 1.00 bits per heavy atom. The van der Waals surface area contributed by atoms with Gasteiger partial charge >= 0.3 is 0 Å². The van der Waals surface area contributed by atoms with Crippen LogP contribution >= 0.6 is 0 Å². The summed E-state index contributed by atoms with van der Waals surface area (Å²) in [5, 5.41) is 3.47. The quantitative estimate of drug-likeness (QED) is 0.553. The highest BCUT2D eigenvalue weighted by Gasteiger charge is 2.21. The van der Waals surface area contributed by atoms with E-state index >= 15 is 0 Å². The maximum Gasteiger partial charge on any atom is 0.194 e. The number of ether oxygens (including phenoxy) is 3. The van der Waals surface area contributed by atoms with Crippen LogP contribution in [0.5, 0.6) is 11.5 Å². The zero-order chi connectivity index (χ0) is 22.3. The van der Waals surface area contributed by atoms with Crippen LogP contribution in [0.4, 0.5) is 5.69 Å². The van der Waals surface area contributed by atoms with Crippen LogP contribution in [-0.4, -0.2) is 64.5 Å². The van der Waals surface area contributed by atoms with E-state index in [0.29, 0.717) is 6.54 Å². The van der Waals surface area contributed by atoms with Crippen molar-refractivity contribution < 1.29 is 14.2 Å². The predicted octanol–water partition coefficient (Wildman–Crippen LogP) is 3.06. The number of aliphatic imine (C=N–C) groups is 1. The van der Waals surface area contributed by atoms with Crippen molar-refractivity contribution in [3.05, 3.63) is 53.1 Å². The number of guanidine groups is 1. The van der Waals surface area contributed by atoms with Gasteiger partial charge in [-0.1, -0.05) is 12.1 Å². The minimum absolute atomic E-state index is 0.654. The molecular formula is C25H34N4O3. The fraction of sp³-hybridized carbons (Fsp3) is 0.480. The van der Waals surface area contributed by atoms with Gasteiger partial charge in [0.1, 0.15) is 0 Å². The molecule has 0 aromatic heterocycles. The minimum Gasteiger partial charge on any atom is -0.493 e. The summed E-state index contributed by atoms with van der Waals surface area (Å²) in [7, 11) is 3.36. The van der Waals surface area contributed by atoms with Gasteiger partial charge in [-0.25, -0.2) is 4.99 Å². The molecule has 7 nitrogen and oxygen atoms in total. The summed E-state index contributed by atoms with van der Waals surface area (Å²) in [4.78, 5) is 9.63. The number of methoxy groups -OCH3 is 2. The van der Waals surface area contributed by atoms with E-state index in [4.69, 9.17) is 19.2 Å². The van der Waals surface area contributed by atoms with E-state index in [1.165, 1.54) is 22.4 Å². The molecule has 0 spiro atoms. The second-order valence-electron chi connectivity index (χ2n) is 8.08. The van der Waals surface area contributed by atoms with Crippen molar-refractivity contribution in [1.82, 2.24) is 10.2 Å². The SMILES string of the molecule is CCNC(=NCc1ccc(N2CCOCC2)cc1)N1CCc2cc(OC)c(OC)cc2C1. The van der Waals surface area contributed by atoms with Crippen LogP contribution in [0.1, 0.15) is 23.6 Å². The van der Waals surface area contributed by atoms with Crippen LogP contribution in [-0.2, 0) is 24.2 Å². The number of benzene rings is 2. The second-order valence-corrected chi connectivity index (χ2v) is 8.08. The Labute approximate surface area is 191 Å². The normalized spacial score (nSPS) is 16.5. The first-order valence-corrected chi connectivity index (χ1v) is 11.4. The van der Waals surface area contributed by atoms with Crippen LogP contribution in [0.15, 0.2) is 41.4 Å². The summed E-state index contributed by atoms with van der Waals surface area (Å²) in [5.41, 5.74) is 5.04. The number of nitrogens with one attached hydrogen (secondary N) is 1. The topological polar surface area (TPSA) is 58.6 Å². The van der Waals surface area contributed by atoms with Gasteiger partial charge in [0.15, 0.2) is 17.5 Å². The molecule has 1 saturated heterocycles. The first-order chi connectivity index (χ1) is 15.7. The van der Waals surface area contributed by atoms with Gasteiger partial charge in [0.25, 0.3) is 0 Å². The largest absolute Gasteiger partial charge is 0.493 e.